The average Bonchev–Trinajstić information content (AvgIpc) is 2.97. The first-order chi connectivity index (χ1) is 10.7. The number of nitrogens with one attached hydrogen (secondary N) is 1. The molecule has 0 saturated heterocycles. The molecule has 1 N–H and O–H groups in total. The normalized spacial score (nSPS) is 12.5. The van der Waals surface area contributed by atoms with Crippen molar-refractivity contribution >= 4 is 16.9 Å². The monoisotopic (exact) mass is 302 g/mol. The zero-order chi connectivity index (χ0) is 15.9. The summed E-state index contributed by atoms with van der Waals surface area (Å²) in [4.78, 5) is 12.3. The van der Waals surface area contributed by atoms with Gasteiger partial charge in [0.15, 0.2) is 0 Å². The molecule has 1 atom stereocenters. The summed E-state index contributed by atoms with van der Waals surface area (Å²) in [5, 5.41) is 11.2. The molecule has 0 aliphatic rings. The van der Waals surface area contributed by atoms with Crippen molar-refractivity contribution in [2.24, 2.45) is 5.92 Å². The van der Waals surface area contributed by atoms with Crippen LogP contribution in [0.4, 0.5) is 0 Å². The first-order valence-corrected chi connectivity index (χ1v) is 8.31. The second-order valence-electron chi connectivity index (χ2n) is 5.74. The fourth-order valence-corrected chi connectivity index (χ4v) is 2.63. The van der Waals surface area contributed by atoms with Gasteiger partial charge in [-0.1, -0.05) is 38.3 Å². The van der Waals surface area contributed by atoms with Gasteiger partial charge in [0.25, 0.3) is 5.91 Å². The van der Waals surface area contributed by atoms with E-state index in [2.05, 4.69) is 29.5 Å². The number of benzene rings is 1. The molecular weight excluding hydrogens is 276 g/mol. The molecule has 1 heterocycles. The van der Waals surface area contributed by atoms with Crippen molar-refractivity contribution in [3.05, 3.63) is 23.8 Å². The van der Waals surface area contributed by atoms with Gasteiger partial charge in [-0.05, 0) is 37.5 Å². The second-order valence-corrected chi connectivity index (χ2v) is 5.74. The van der Waals surface area contributed by atoms with Crippen LogP contribution in [0.5, 0.6) is 0 Å². The van der Waals surface area contributed by atoms with E-state index < -0.39 is 0 Å². The van der Waals surface area contributed by atoms with Crippen molar-refractivity contribution in [2.45, 2.75) is 53.0 Å². The lowest BCUT2D eigenvalue weighted by Gasteiger charge is -2.15. The predicted octanol–water partition coefficient (Wildman–Crippen LogP) is 3.40. The fraction of sp³-hybridized carbons (Fsp3) is 0.588. The van der Waals surface area contributed by atoms with E-state index >= 15 is 0 Å². The van der Waals surface area contributed by atoms with Crippen molar-refractivity contribution in [3.8, 4) is 0 Å². The molecule has 1 unspecified atom stereocenters. The van der Waals surface area contributed by atoms with Gasteiger partial charge in [-0.2, -0.15) is 0 Å². The molecule has 0 radical (unpaired) electrons. The van der Waals surface area contributed by atoms with Crippen LogP contribution in [-0.4, -0.2) is 27.4 Å². The van der Waals surface area contributed by atoms with E-state index in [0.717, 1.165) is 30.5 Å². The summed E-state index contributed by atoms with van der Waals surface area (Å²) in [6, 6.07) is 5.58. The van der Waals surface area contributed by atoms with Crippen LogP contribution >= 0.6 is 0 Å². The summed E-state index contributed by atoms with van der Waals surface area (Å²) in [6.45, 7) is 7.92. The van der Waals surface area contributed by atoms with E-state index in [1.807, 2.05) is 29.8 Å². The maximum atomic E-state index is 12.3. The van der Waals surface area contributed by atoms with Crippen LogP contribution in [0.3, 0.4) is 0 Å². The summed E-state index contributed by atoms with van der Waals surface area (Å²) >= 11 is 0. The Labute approximate surface area is 132 Å². The molecule has 1 aromatic heterocycles. The number of fused-ring (bicyclic) bond motifs is 1. The van der Waals surface area contributed by atoms with Gasteiger partial charge in [0.1, 0.15) is 5.52 Å². The maximum absolute atomic E-state index is 12.3. The number of unbranched alkanes of at least 4 members (excludes halogenated alkanes) is 1. The summed E-state index contributed by atoms with van der Waals surface area (Å²) in [5.74, 6) is 0.538. The van der Waals surface area contributed by atoms with Crippen LogP contribution in [0.2, 0.25) is 0 Å². The third-order valence-electron chi connectivity index (χ3n) is 4.17. The largest absolute Gasteiger partial charge is 0.352 e. The number of rotatable bonds is 8. The van der Waals surface area contributed by atoms with E-state index in [9.17, 15) is 4.79 Å². The quantitative estimate of drug-likeness (QED) is 0.813. The van der Waals surface area contributed by atoms with Crippen molar-refractivity contribution < 1.29 is 4.79 Å². The Bertz CT molecular complexity index is 620. The molecule has 0 saturated carbocycles. The van der Waals surface area contributed by atoms with Gasteiger partial charge in [0.2, 0.25) is 0 Å². The lowest BCUT2D eigenvalue weighted by molar-refractivity contribution is 0.0946. The zero-order valence-corrected chi connectivity index (χ0v) is 13.8. The molecule has 0 aliphatic carbocycles. The lowest BCUT2D eigenvalue weighted by Crippen LogP contribution is -2.29. The van der Waals surface area contributed by atoms with Crippen molar-refractivity contribution in [3.63, 3.8) is 0 Å². The van der Waals surface area contributed by atoms with E-state index in [4.69, 9.17) is 0 Å². The van der Waals surface area contributed by atoms with E-state index in [1.54, 1.807) is 0 Å². The smallest absolute Gasteiger partial charge is 0.251 e. The van der Waals surface area contributed by atoms with Crippen LogP contribution < -0.4 is 5.32 Å². The van der Waals surface area contributed by atoms with Gasteiger partial charge in [0.05, 0.1) is 5.52 Å². The van der Waals surface area contributed by atoms with Crippen LogP contribution in [0, 0.1) is 5.92 Å². The summed E-state index contributed by atoms with van der Waals surface area (Å²) in [7, 11) is 0. The van der Waals surface area contributed by atoms with Gasteiger partial charge in [-0.25, -0.2) is 4.68 Å². The topological polar surface area (TPSA) is 59.8 Å². The zero-order valence-electron chi connectivity index (χ0n) is 13.8. The SMILES string of the molecule is CCCCC(CC)CNC(=O)c1ccc2c(c1)nnn2CC. The Morgan fingerprint density at radius 1 is 1.32 bits per heavy atom. The number of carbonyl (C=O) groups is 1. The number of carbonyl (C=O) groups excluding carboxylic acids is 1. The lowest BCUT2D eigenvalue weighted by atomic mass is 9.99. The van der Waals surface area contributed by atoms with Crippen molar-refractivity contribution in [1.82, 2.24) is 20.3 Å². The average molecular weight is 302 g/mol. The third kappa shape index (κ3) is 3.84. The molecule has 2 rings (SSSR count). The van der Waals surface area contributed by atoms with Crippen molar-refractivity contribution in [1.29, 1.82) is 0 Å². The van der Waals surface area contributed by atoms with Gasteiger partial charge in [-0.3, -0.25) is 4.79 Å². The Hall–Kier alpha value is -1.91. The van der Waals surface area contributed by atoms with Crippen LogP contribution in [0.15, 0.2) is 18.2 Å². The first-order valence-electron chi connectivity index (χ1n) is 8.31. The molecule has 0 aliphatic heterocycles. The highest BCUT2D eigenvalue weighted by Crippen LogP contribution is 2.14. The number of hydrogen-bond acceptors (Lipinski definition) is 3. The fourth-order valence-electron chi connectivity index (χ4n) is 2.63. The number of amides is 1. The highest BCUT2D eigenvalue weighted by Gasteiger charge is 2.12. The Morgan fingerprint density at radius 3 is 2.82 bits per heavy atom. The summed E-state index contributed by atoms with van der Waals surface area (Å²) < 4.78 is 1.83. The molecule has 0 fully saturated rings. The highest BCUT2D eigenvalue weighted by molar-refractivity contribution is 5.97. The molecule has 0 spiro atoms. The van der Waals surface area contributed by atoms with Crippen LogP contribution in [-0.2, 0) is 6.54 Å². The maximum Gasteiger partial charge on any atom is 0.251 e. The molecule has 1 amide bonds. The minimum absolute atomic E-state index is 0.0251. The van der Waals surface area contributed by atoms with E-state index in [1.165, 1.54) is 19.3 Å². The molecule has 0 bridgehead atoms. The minimum Gasteiger partial charge on any atom is -0.352 e. The highest BCUT2D eigenvalue weighted by atomic mass is 16.1. The third-order valence-corrected chi connectivity index (χ3v) is 4.17. The van der Waals surface area contributed by atoms with E-state index in [-0.39, 0.29) is 5.91 Å². The van der Waals surface area contributed by atoms with Gasteiger partial charge >= 0.3 is 0 Å². The molecule has 22 heavy (non-hydrogen) atoms. The van der Waals surface area contributed by atoms with Gasteiger partial charge in [0, 0.05) is 18.7 Å². The molecule has 2 aromatic rings. The molecule has 5 heteroatoms. The molecular formula is C17H26N4O. The molecule has 5 nitrogen and oxygen atoms in total. The Morgan fingerprint density at radius 2 is 2.14 bits per heavy atom. The van der Waals surface area contributed by atoms with Gasteiger partial charge in [-0.15, -0.1) is 5.10 Å². The molecule has 120 valence electrons. The van der Waals surface area contributed by atoms with Crippen LogP contribution in [0.25, 0.3) is 11.0 Å². The van der Waals surface area contributed by atoms with Crippen molar-refractivity contribution in [2.75, 3.05) is 6.54 Å². The van der Waals surface area contributed by atoms with Gasteiger partial charge < -0.3 is 5.32 Å². The predicted molar refractivity (Wildman–Crippen MR) is 88.8 cm³/mol. The summed E-state index contributed by atoms with van der Waals surface area (Å²) in [6.07, 6.45) is 4.70. The Kier molecular flexibility index (Phi) is 5.92. The number of aromatic nitrogens is 3. The summed E-state index contributed by atoms with van der Waals surface area (Å²) in [5.41, 5.74) is 2.39. The minimum atomic E-state index is -0.0251. The number of aryl methyl sites for hydroxylation is 1. The standard InChI is InChI=1S/C17H26N4O/c1-4-7-8-13(5-2)12-18-17(22)14-9-10-16-15(11-14)19-20-21(16)6-3/h9-11,13H,4-8,12H2,1-3H3,(H,18,22). The first kappa shape index (κ1) is 16.5. The number of nitrogens with zero attached hydrogens (tertiary/aromatic N) is 3. The number of hydrogen-bond donors (Lipinski definition) is 1. The molecule has 1 aromatic carbocycles. The van der Waals surface area contributed by atoms with Crippen LogP contribution in [0.1, 0.15) is 56.8 Å². The van der Waals surface area contributed by atoms with E-state index in [0.29, 0.717) is 11.5 Å². The Balaban J connectivity index is 2.00. The second kappa shape index (κ2) is 7.92.